The van der Waals surface area contributed by atoms with Crippen molar-refractivity contribution >= 4 is 10.9 Å². The Hall–Kier alpha value is -1.48. The molecule has 0 aliphatic rings. The molecule has 0 saturated heterocycles. The van der Waals surface area contributed by atoms with Crippen LogP contribution in [0.5, 0.6) is 5.75 Å². The Balaban J connectivity index is 2.38. The minimum absolute atomic E-state index is 0.772. The van der Waals surface area contributed by atoms with Crippen molar-refractivity contribution in [1.29, 1.82) is 0 Å². The molecule has 0 fully saturated rings. The van der Waals surface area contributed by atoms with Crippen molar-refractivity contribution in [3.63, 3.8) is 0 Å². The molecule has 1 heterocycles. The van der Waals surface area contributed by atoms with E-state index in [4.69, 9.17) is 10.5 Å². The second-order valence-corrected chi connectivity index (χ2v) is 4.36. The Labute approximate surface area is 102 Å². The van der Waals surface area contributed by atoms with Gasteiger partial charge in [-0.25, -0.2) is 0 Å². The number of ether oxygens (including phenoxy) is 1. The van der Waals surface area contributed by atoms with Crippen LogP contribution in [-0.4, -0.2) is 18.2 Å². The molecule has 0 aliphatic carbocycles. The SMILES string of the molecule is COc1ccc(CCCCN)c2ccn(C)c12. The average Bonchev–Trinajstić information content (AvgIpc) is 2.73. The van der Waals surface area contributed by atoms with E-state index >= 15 is 0 Å². The zero-order chi connectivity index (χ0) is 12.3. The second-order valence-electron chi connectivity index (χ2n) is 4.36. The van der Waals surface area contributed by atoms with Gasteiger partial charge in [-0.1, -0.05) is 6.07 Å². The summed E-state index contributed by atoms with van der Waals surface area (Å²) in [5.41, 5.74) is 8.09. The van der Waals surface area contributed by atoms with Crippen LogP contribution < -0.4 is 10.5 Å². The van der Waals surface area contributed by atoms with Gasteiger partial charge in [0.25, 0.3) is 0 Å². The first-order valence-electron chi connectivity index (χ1n) is 6.09. The fraction of sp³-hybridized carbons (Fsp3) is 0.429. The van der Waals surface area contributed by atoms with Crippen LogP contribution >= 0.6 is 0 Å². The fourth-order valence-corrected chi connectivity index (χ4v) is 2.28. The van der Waals surface area contributed by atoms with Crippen LogP contribution in [0, 0.1) is 0 Å². The molecule has 0 aliphatic heterocycles. The summed E-state index contributed by atoms with van der Waals surface area (Å²) in [5, 5.41) is 1.30. The van der Waals surface area contributed by atoms with Crippen LogP contribution in [0.4, 0.5) is 0 Å². The quantitative estimate of drug-likeness (QED) is 0.804. The zero-order valence-electron chi connectivity index (χ0n) is 10.6. The number of methoxy groups -OCH3 is 1. The zero-order valence-corrected chi connectivity index (χ0v) is 10.6. The minimum atomic E-state index is 0.772. The van der Waals surface area contributed by atoms with E-state index < -0.39 is 0 Å². The van der Waals surface area contributed by atoms with Gasteiger partial charge in [-0.3, -0.25) is 0 Å². The van der Waals surface area contributed by atoms with Crippen molar-refractivity contribution in [3.8, 4) is 5.75 Å². The first kappa shape index (κ1) is 12.0. The lowest BCUT2D eigenvalue weighted by atomic mass is 10.0. The van der Waals surface area contributed by atoms with Gasteiger partial charge in [0.05, 0.1) is 12.6 Å². The lowest BCUT2D eigenvalue weighted by molar-refractivity contribution is 0.418. The molecule has 2 rings (SSSR count). The molecule has 0 bridgehead atoms. The molecule has 0 radical (unpaired) electrons. The molecule has 0 spiro atoms. The van der Waals surface area contributed by atoms with E-state index in [1.807, 2.05) is 0 Å². The van der Waals surface area contributed by atoms with Gasteiger partial charge in [-0.15, -0.1) is 0 Å². The molecule has 2 N–H and O–H groups in total. The van der Waals surface area contributed by atoms with Crippen molar-refractivity contribution in [2.75, 3.05) is 13.7 Å². The Morgan fingerprint density at radius 1 is 1.24 bits per heavy atom. The first-order chi connectivity index (χ1) is 8.27. The maximum Gasteiger partial charge on any atom is 0.143 e. The number of aryl methyl sites for hydroxylation is 2. The molecule has 1 aromatic heterocycles. The van der Waals surface area contributed by atoms with Crippen molar-refractivity contribution < 1.29 is 4.74 Å². The van der Waals surface area contributed by atoms with E-state index in [1.54, 1.807) is 7.11 Å². The van der Waals surface area contributed by atoms with E-state index in [2.05, 4.69) is 36.0 Å². The number of aromatic nitrogens is 1. The van der Waals surface area contributed by atoms with Gasteiger partial charge in [0.15, 0.2) is 0 Å². The highest BCUT2D eigenvalue weighted by atomic mass is 16.5. The van der Waals surface area contributed by atoms with Crippen LogP contribution in [0.2, 0.25) is 0 Å². The molecule has 92 valence electrons. The molecular formula is C14H20N2O. The van der Waals surface area contributed by atoms with Crippen molar-refractivity contribution in [1.82, 2.24) is 4.57 Å². The second kappa shape index (κ2) is 5.23. The molecule has 3 nitrogen and oxygen atoms in total. The topological polar surface area (TPSA) is 40.2 Å². The van der Waals surface area contributed by atoms with Crippen LogP contribution in [0.25, 0.3) is 10.9 Å². The Morgan fingerprint density at radius 3 is 2.76 bits per heavy atom. The number of hydrogen-bond donors (Lipinski definition) is 1. The summed E-state index contributed by atoms with van der Waals surface area (Å²) in [6.07, 6.45) is 5.40. The first-order valence-corrected chi connectivity index (χ1v) is 6.09. The maximum absolute atomic E-state index is 5.53. The highest BCUT2D eigenvalue weighted by Crippen LogP contribution is 2.29. The van der Waals surface area contributed by atoms with Gasteiger partial charge in [0.2, 0.25) is 0 Å². The van der Waals surface area contributed by atoms with Crippen LogP contribution in [0.1, 0.15) is 18.4 Å². The van der Waals surface area contributed by atoms with Crippen LogP contribution in [0.3, 0.4) is 0 Å². The molecule has 0 amide bonds. The molecule has 3 heteroatoms. The summed E-state index contributed by atoms with van der Waals surface area (Å²) in [4.78, 5) is 0. The van der Waals surface area contributed by atoms with Gasteiger partial charge >= 0.3 is 0 Å². The van der Waals surface area contributed by atoms with Crippen molar-refractivity contribution in [2.24, 2.45) is 12.8 Å². The molecule has 2 aromatic rings. The smallest absolute Gasteiger partial charge is 0.143 e. The van der Waals surface area contributed by atoms with Crippen molar-refractivity contribution in [3.05, 3.63) is 30.0 Å². The molecule has 0 unspecified atom stereocenters. The number of nitrogens with zero attached hydrogens (tertiary/aromatic N) is 1. The normalized spacial score (nSPS) is 11.0. The summed E-state index contributed by atoms with van der Waals surface area (Å²) in [7, 11) is 3.77. The van der Waals surface area contributed by atoms with Crippen molar-refractivity contribution in [2.45, 2.75) is 19.3 Å². The number of fused-ring (bicyclic) bond motifs is 1. The van der Waals surface area contributed by atoms with E-state index in [-0.39, 0.29) is 0 Å². The predicted molar refractivity (Wildman–Crippen MR) is 71.5 cm³/mol. The monoisotopic (exact) mass is 232 g/mol. The summed E-state index contributed by atoms with van der Waals surface area (Å²) in [6.45, 7) is 0.772. The molecule has 17 heavy (non-hydrogen) atoms. The summed E-state index contributed by atoms with van der Waals surface area (Å²) >= 11 is 0. The van der Waals surface area contributed by atoms with E-state index in [0.717, 1.165) is 31.6 Å². The molecule has 0 saturated carbocycles. The lowest BCUT2D eigenvalue weighted by Crippen LogP contribution is -1.99. The number of unbranched alkanes of at least 4 members (excludes halogenated alkanes) is 1. The largest absolute Gasteiger partial charge is 0.495 e. The third-order valence-electron chi connectivity index (χ3n) is 3.21. The molecular weight excluding hydrogens is 212 g/mol. The highest BCUT2D eigenvalue weighted by molar-refractivity contribution is 5.89. The Bertz CT molecular complexity index is 502. The number of rotatable bonds is 5. The Morgan fingerprint density at radius 2 is 2.06 bits per heavy atom. The maximum atomic E-state index is 5.53. The summed E-state index contributed by atoms with van der Waals surface area (Å²) < 4.78 is 7.52. The predicted octanol–water partition coefficient (Wildman–Crippen LogP) is 2.47. The fourth-order valence-electron chi connectivity index (χ4n) is 2.28. The number of benzene rings is 1. The van der Waals surface area contributed by atoms with Gasteiger partial charge in [0.1, 0.15) is 5.75 Å². The van der Waals surface area contributed by atoms with Gasteiger partial charge < -0.3 is 15.0 Å². The third kappa shape index (κ3) is 2.29. The van der Waals surface area contributed by atoms with Gasteiger partial charge in [-0.2, -0.15) is 0 Å². The molecule has 0 atom stereocenters. The minimum Gasteiger partial charge on any atom is -0.495 e. The summed E-state index contributed by atoms with van der Waals surface area (Å²) in [5.74, 6) is 0.940. The standard InChI is InChI=1S/C14H20N2O/c1-16-10-8-12-11(5-3-4-9-15)6-7-13(17-2)14(12)16/h6-8,10H,3-5,9,15H2,1-2H3. The average molecular weight is 232 g/mol. The van der Waals surface area contributed by atoms with E-state index in [9.17, 15) is 0 Å². The van der Waals surface area contributed by atoms with E-state index in [0.29, 0.717) is 0 Å². The molecule has 1 aromatic carbocycles. The van der Waals surface area contributed by atoms with Crippen LogP contribution in [-0.2, 0) is 13.5 Å². The van der Waals surface area contributed by atoms with Crippen LogP contribution in [0.15, 0.2) is 24.4 Å². The lowest BCUT2D eigenvalue weighted by Gasteiger charge is -2.08. The number of hydrogen-bond acceptors (Lipinski definition) is 2. The third-order valence-corrected chi connectivity index (χ3v) is 3.21. The number of nitrogens with two attached hydrogens (primary N) is 1. The van der Waals surface area contributed by atoms with E-state index in [1.165, 1.54) is 16.5 Å². The van der Waals surface area contributed by atoms with Gasteiger partial charge in [-0.05, 0) is 43.5 Å². The Kier molecular flexibility index (Phi) is 3.69. The van der Waals surface area contributed by atoms with Gasteiger partial charge in [0, 0.05) is 18.6 Å². The highest BCUT2D eigenvalue weighted by Gasteiger charge is 2.09. The summed E-state index contributed by atoms with van der Waals surface area (Å²) in [6, 6.07) is 6.38.